The Kier molecular flexibility index (Phi) is 2.55. The van der Waals surface area contributed by atoms with Crippen LogP contribution in [0.4, 0.5) is 0 Å². The standard InChI is InChI=1S/C11H14N4O/c1-2-11(8-14-3-5-16-6-4-14)15-10(1)7-12-9-13-15/h1-2,7,9H,3-6,8H2. The van der Waals surface area contributed by atoms with Gasteiger partial charge in [-0.15, -0.1) is 0 Å². The first kappa shape index (κ1) is 9.74. The lowest BCUT2D eigenvalue weighted by Crippen LogP contribution is -2.36. The summed E-state index contributed by atoms with van der Waals surface area (Å²) in [4.78, 5) is 6.39. The molecule has 0 aliphatic carbocycles. The summed E-state index contributed by atoms with van der Waals surface area (Å²) < 4.78 is 7.28. The lowest BCUT2D eigenvalue weighted by atomic mass is 10.3. The average Bonchev–Trinajstić information content (AvgIpc) is 2.74. The highest BCUT2D eigenvalue weighted by Gasteiger charge is 2.12. The summed E-state index contributed by atoms with van der Waals surface area (Å²) in [6.45, 7) is 4.59. The third-order valence-corrected chi connectivity index (χ3v) is 2.89. The molecule has 1 aliphatic heterocycles. The van der Waals surface area contributed by atoms with Crippen LogP contribution < -0.4 is 0 Å². The third kappa shape index (κ3) is 1.79. The largest absolute Gasteiger partial charge is 0.379 e. The van der Waals surface area contributed by atoms with Crippen molar-refractivity contribution in [3.63, 3.8) is 0 Å². The number of hydrogen-bond acceptors (Lipinski definition) is 4. The van der Waals surface area contributed by atoms with E-state index in [1.165, 1.54) is 5.69 Å². The van der Waals surface area contributed by atoms with E-state index in [0.717, 1.165) is 38.4 Å². The molecule has 16 heavy (non-hydrogen) atoms. The van der Waals surface area contributed by atoms with Gasteiger partial charge in [0.25, 0.3) is 0 Å². The van der Waals surface area contributed by atoms with Gasteiger partial charge in [0.15, 0.2) is 0 Å². The minimum atomic E-state index is 0.832. The summed E-state index contributed by atoms with van der Waals surface area (Å²) in [5.41, 5.74) is 2.25. The number of nitrogens with zero attached hydrogens (tertiary/aromatic N) is 4. The SMILES string of the molecule is c1ncc2ccc(CN3CCOCC3)n2n1. The van der Waals surface area contributed by atoms with E-state index >= 15 is 0 Å². The van der Waals surface area contributed by atoms with Crippen LogP contribution in [0.1, 0.15) is 5.69 Å². The van der Waals surface area contributed by atoms with Crippen LogP contribution in [0.2, 0.25) is 0 Å². The molecule has 3 heterocycles. The van der Waals surface area contributed by atoms with E-state index < -0.39 is 0 Å². The number of hydrogen-bond donors (Lipinski definition) is 0. The van der Waals surface area contributed by atoms with Gasteiger partial charge >= 0.3 is 0 Å². The summed E-state index contributed by atoms with van der Waals surface area (Å²) >= 11 is 0. The van der Waals surface area contributed by atoms with Crippen LogP contribution in [-0.4, -0.2) is 45.8 Å². The van der Waals surface area contributed by atoms with Gasteiger partial charge in [-0.2, -0.15) is 5.10 Å². The van der Waals surface area contributed by atoms with Crippen LogP contribution in [0.5, 0.6) is 0 Å². The maximum atomic E-state index is 5.33. The molecule has 84 valence electrons. The zero-order chi connectivity index (χ0) is 10.8. The summed E-state index contributed by atoms with van der Waals surface area (Å²) in [5.74, 6) is 0. The molecule has 1 aliphatic rings. The predicted octanol–water partition coefficient (Wildman–Crippen LogP) is 0.561. The molecule has 5 nitrogen and oxygen atoms in total. The van der Waals surface area contributed by atoms with Gasteiger partial charge in [-0.3, -0.25) is 4.90 Å². The summed E-state index contributed by atoms with van der Waals surface area (Å²) in [6.07, 6.45) is 3.41. The Labute approximate surface area is 93.6 Å². The van der Waals surface area contributed by atoms with Crippen LogP contribution in [-0.2, 0) is 11.3 Å². The fourth-order valence-corrected chi connectivity index (χ4v) is 2.03. The molecule has 5 heteroatoms. The molecule has 0 aromatic carbocycles. The molecule has 0 bridgehead atoms. The van der Waals surface area contributed by atoms with E-state index in [1.807, 2.05) is 10.7 Å². The molecular formula is C11H14N4O. The summed E-state index contributed by atoms with van der Waals surface area (Å²) in [7, 11) is 0. The lowest BCUT2D eigenvalue weighted by Gasteiger charge is -2.26. The topological polar surface area (TPSA) is 42.7 Å². The molecule has 2 aromatic rings. The Morgan fingerprint density at radius 2 is 2.12 bits per heavy atom. The lowest BCUT2D eigenvalue weighted by molar-refractivity contribution is 0.0334. The number of ether oxygens (including phenoxy) is 1. The zero-order valence-electron chi connectivity index (χ0n) is 9.04. The van der Waals surface area contributed by atoms with E-state index in [1.54, 1.807) is 6.33 Å². The molecule has 1 saturated heterocycles. The van der Waals surface area contributed by atoms with Crippen molar-refractivity contribution >= 4 is 5.52 Å². The highest BCUT2D eigenvalue weighted by molar-refractivity contribution is 5.45. The minimum Gasteiger partial charge on any atom is -0.379 e. The second kappa shape index (κ2) is 4.19. The van der Waals surface area contributed by atoms with Crippen LogP contribution >= 0.6 is 0 Å². The van der Waals surface area contributed by atoms with Gasteiger partial charge in [0.1, 0.15) is 6.33 Å². The van der Waals surface area contributed by atoms with Crippen molar-refractivity contribution in [2.75, 3.05) is 26.3 Å². The first-order chi connectivity index (χ1) is 7.93. The van der Waals surface area contributed by atoms with Crippen molar-refractivity contribution in [3.05, 3.63) is 30.4 Å². The van der Waals surface area contributed by atoms with Gasteiger partial charge in [-0.1, -0.05) is 0 Å². The van der Waals surface area contributed by atoms with Gasteiger partial charge in [0.2, 0.25) is 0 Å². The van der Waals surface area contributed by atoms with Crippen molar-refractivity contribution < 1.29 is 4.74 Å². The van der Waals surface area contributed by atoms with E-state index in [9.17, 15) is 0 Å². The van der Waals surface area contributed by atoms with Crippen molar-refractivity contribution in [3.8, 4) is 0 Å². The Hall–Kier alpha value is -1.46. The quantitative estimate of drug-likeness (QED) is 0.738. The fraction of sp³-hybridized carbons (Fsp3) is 0.455. The Balaban J connectivity index is 1.83. The molecule has 0 saturated carbocycles. The molecule has 3 rings (SSSR count). The molecule has 2 aromatic heterocycles. The van der Waals surface area contributed by atoms with Crippen LogP contribution in [0.15, 0.2) is 24.7 Å². The highest BCUT2D eigenvalue weighted by Crippen LogP contribution is 2.10. The fourth-order valence-electron chi connectivity index (χ4n) is 2.03. The van der Waals surface area contributed by atoms with E-state index in [4.69, 9.17) is 4.74 Å². The highest BCUT2D eigenvalue weighted by atomic mass is 16.5. The van der Waals surface area contributed by atoms with Crippen molar-refractivity contribution in [2.45, 2.75) is 6.54 Å². The molecule has 0 radical (unpaired) electrons. The third-order valence-electron chi connectivity index (χ3n) is 2.89. The van der Waals surface area contributed by atoms with Crippen LogP contribution in [0.25, 0.3) is 5.52 Å². The van der Waals surface area contributed by atoms with Crippen molar-refractivity contribution in [1.29, 1.82) is 0 Å². The summed E-state index contributed by atoms with van der Waals surface area (Å²) in [6, 6.07) is 4.16. The Morgan fingerprint density at radius 1 is 1.25 bits per heavy atom. The first-order valence-electron chi connectivity index (χ1n) is 5.50. The number of aromatic nitrogens is 3. The van der Waals surface area contributed by atoms with Gasteiger partial charge in [0.05, 0.1) is 30.6 Å². The molecule has 1 fully saturated rings. The molecule has 0 spiro atoms. The Bertz CT molecular complexity index is 476. The molecule has 0 unspecified atom stereocenters. The van der Waals surface area contributed by atoms with E-state index in [2.05, 4.69) is 27.1 Å². The molecule has 0 amide bonds. The Morgan fingerprint density at radius 3 is 3.00 bits per heavy atom. The smallest absolute Gasteiger partial charge is 0.136 e. The molecule has 0 N–H and O–H groups in total. The van der Waals surface area contributed by atoms with Crippen molar-refractivity contribution in [1.82, 2.24) is 19.5 Å². The minimum absolute atomic E-state index is 0.832. The monoisotopic (exact) mass is 218 g/mol. The first-order valence-corrected chi connectivity index (χ1v) is 5.50. The molecule has 0 atom stereocenters. The van der Waals surface area contributed by atoms with Crippen LogP contribution in [0.3, 0.4) is 0 Å². The average molecular weight is 218 g/mol. The van der Waals surface area contributed by atoms with Gasteiger partial charge < -0.3 is 4.74 Å². The number of rotatable bonds is 2. The van der Waals surface area contributed by atoms with E-state index in [-0.39, 0.29) is 0 Å². The van der Waals surface area contributed by atoms with Crippen LogP contribution in [0, 0.1) is 0 Å². The maximum absolute atomic E-state index is 5.33. The number of fused-ring (bicyclic) bond motifs is 1. The number of morpholine rings is 1. The van der Waals surface area contributed by atoms with Crippen molar-refractivity contribution in [2.24, 2.45) is 0 Å². The normalized spacial score (nSPS) is 18.0. The maximum Gasteiger partial charge on any atom is 0.136 e. The molecular weight excluding hydrogens is 204 g/mol. The second-order valence-electron chi connectivity index (χ2n) is 3.96. The van der Waals surface area contributed by atoms with Gasteiger partial charge in [-0.25, -0.2) is 9.50 Å². The predicted molar refractivity (Wildman–Crippen MR) is 59.1 cm³/mol. The van der Waals surface area contributed by atoms with Gasteiger partial charge in [-0.05, 0) is 12.1 Å². The van der Waals surface area contributed by atoms with E-state index in [0.29, 0.717) is 0 Å². The van der Waals surface area contributed by atoms with Gasteiger partial charge in [0, 0.05) is 19.6 Å². The zero-order valence-corrected chi connectivity index (χ0v) is 9.04. The summed E-state index contributed by atoms with van der Waals surface area (Å²) in [5, 5.41) is 4.25. The second-order valence-corrected chi connectivity index (χ2v) is 3.96.